The van der Waals surface area contributed by atoms with Gasteiger partial charge >= 0.3 is 0 Å². The van der Waals surface area contributed by atoms with Crippen molar-refractivity contribution in [3.8, 4) is 0 Å². The molecule has 0 saturated heterocycles. The van der Waals surface area contributed by atoms with Crippen molar-refractivity contribution >= 4 is 11.6 Å². The van der Waals surface area contributed by atoms with Crippen molar-refractivity contribution < 1.29 is 22.4 Å². The summed E-state index contributed by atoms with van der Waals surface area (Å²) in [7, 11) is 0. The van der Waals surface area contributed by atoms with Crippen LogP contribution in [0.3, 0.4) is 0 Å². The van der Waals surface area contributed by atoms with Crippen LogP contribution in [0.1, 0.15) is 5.56 Å². The Labute approximate surface area is 111 Å². The number of benzene rings is 1. The van der Waals surface area contributed by atoms with Crippen molar-refractivity contribution in [2.75, 3.05) is 5.32 Å². The average Bonchev–Trinajstić information content (AvgIpc) is 2.37. The van der Waals surface area contributed by atoms with E-state index < -0.39 is 41.4 Å². The van der Waals surface area contributed by atoms with Crippen LogP contribution in [0.15, 0.2) is 30.3 Å². The van der Waals surface area contributed by atoms with Crippen LogP contribution >= 0.6 is 0 Å². The van der Waals surface area contributed by atoms with Gasteiger partial charge < -0.3 is 5.32 Å². The molecule has 0 spiro atoms. The zero-order valence-corrected chi connectivity index (χ0v) is 9.96. The Morgan fingerprint density at radius 3 is 2.30 bits per heavy atom. The second-order valence-corrected chi connectivity index (χ2v) is 3.90. The van der Waals surface area contributed by atoms with Gasteiger partial charge in [-0.3, -0.25) is 4.79 Å². The van der Waals surface area contributed by atoms with E-state index in [1.165, 1.54) is 0 Å². The fraction of sp³-hybridized carbons (Fsp3) is 0.0769. The van der Waals surface area contributed by atoms with E-state index in [0.29, 0.717) is 0 Å². The van der Waals surface area contributed by atoms with Crippen molar-refractivity contribution in [3.05, 3.63) is 59.4 Å². The van der Waals surface area contributed by atoms with E-state index in [-0.39, 0.29) is 5.69 Å². The van der Waals surface area contributed by atoms with Gasteiger partial charge in [0.1, 0.15) is 11.6 Å². The number of halogens is 4. The molecule has 0 atom stereocenters. The molecular formula is C13H8F4N2O. The first kappa shape index (κ1) is 14.0. The number of aromatic nitrogens is 1. The molecule has 1 aromatic carbocycles. The van der Waals surface area contributed by atoms with Gasteiger partial charge in [-0.15, -0.1) is 0 Å². The van der Waals surface area contributed by atoms with Crippen molar-refractivity contribution in [1.29, 1.82) is 0 Å². The Morgan fingerprint density at radius 1 is 1.05 bits per heavy atom. The summed E-state index contributed by atoms with van der Waals surface area (Å²) in [6, 6.07) is 4.99. The second-order valence-electron chi connectivity index (χ2n) is 3.90. The quantitative estimate of drug-likeness (QED) is 0.695. The number of anilines is 1. The lowest BCUT2D eigenvalue weighted by Crippen LogP contribution is -2.17. The minimum atomic E-state index is -1.22. The number of nitrogens with one attached hydrogen (secondary N) is 1. The highest BCUT2D eigenvalue weighted by molar-refractivity contribution is 5.92. The van der Waals surface area contributed by atoms with Crippen LogP contribution in [-0.4, -0.2) is 10.9 Å². The summed E-state index contributed by atoms with van der Waals surface area (Å²) >= 11 is 0. The van der Waals surface area contributed by atoms with Crippen LogP contribution in [0.2, 0.25) is 0 Å². The lowest BCUT2D eigenvalue weighted by Gasteiger charge is -2.07. The predicted octanol–water partition coefficient (Wildman–Crippen LogP) is 2.82. The molecule has 1 N–H and O–H groups in total. The lowest BCUT2D eigenvalue weighted by molar-refractivity contribution is -0.115. The molecule has 7 heteroatoms. The van der Waals surface area contributed by atoms with E-state index >= 15 is 0 Å². The number of amides is 1. The van der Waals surface area contributed by atoms with Crippen molar-refractivity contribution in [2.45, 2.75) is 6.42 Å². The number of pyridine rings is 1. The van der Waals surface area contributed by atoms with Gasteiger partial charge in [0.25, 0.3) is 0 Å². The van der Waals surface area contributed by atoms with Crippen LogP contribution in [0.4, 0.5) is 23.2 Å². The summed E-state index contributed by atoms with van der Waals surface area (Å²) in [4.78, 5) is 14.5. The van der Waals surface area contributed by atoms with Gasteiger partial charge in [-0.05, 0) is 24.3 Å². The molecule has 0 radical (unpaired) electrons. The molecule has 0 unspecified atom stereocenters. The van der Waals surface area contributed by atoms with Crippen molar-refractivity contribution in [1.82, 2.24) is 4.98 Å². The molecule has 20 heavy (non-hydrogen) atoms. The van der Waals surface area contributed by atoms with Gasteiger partial charge in [0.15, 0.2) is 0 Å². The van der Waals surface area contributed by atoms with Crippen LogP contribution in [0, 0.1) is 23.5 Å². The van der Waals surface area contributed by atoms with Gasteiger partial charge in [-0.2, -0.15) is 13.8 Å². The number of carbonyl (C=O) groups excluding carboxylic acids is 1. The van der Waals surface area contributed by atoms with Gasteiger partial charge in [0.2, 0.25) is 17.8 Å². The second kappa shape index (κ2) is 5.68. The molecule has 2 aromatic rings. The first-order valence-corrected chi connectivity index (χ1v) is 5.52. The lowest BCUT2D eigenvalue weighted by atomic mass is 10.1. The highest BCUT2D eigenvalue weighted by atomic mass is 19.1. The topological polar surface area (TPSA) is 42.0 Å². The minimum absolute atomic E-state index is 0.367. The molecule has 0 aliphatic carbocycles. The first-order valence-electron chi connectivity index (χ1n) is 5.52. The molecule has 0 aliphatic rings. The van der Waals surface area contributed by atoms with Gasteiger partial charge in [0, 0.05) is 5.56 Å². The van der Waals surface area contributed by atoms with Crippen LogP contribution in [0.5, 0.6) is 0 Å². The fourth-order valence-corrected chi connectivity index (χ4v) is 1.56. The molecule has 104 valence electrons. The van der Waals surface area contributed by atoms with E-state index in [0.717, 1.165) is 30.3 Å². The average molecular weight is 284 g/mol. The van der Waals surface area contributed by atoms with Gasteiger partial charge in [-0.25, -0.2) is 8.78 Å². The van der Waals surface area contributed by atoms with E-state index in [2.05, 4.69) is 10.3 Å². The summed E-state index contributed by atoms with van der Waals surface area (Å²) < 4.78 is 52.4. The van der Waals surface area contributed by atoms with Crippen LogP contribution < -0.4 is 5.32 Å². The Bertz CT molecular complexity index is 641. The Kier molecular flexibility index (Phi) is 3.97. The first-order chi connectivity index (χ1) is 9.47. The summed E-state index contributed by atoms with van der Waals surface area (Å²) in [6.07, 6.45) is -0.616. The van der Waals surface area contributed by atoms with Gasteiger partial charge in [-0.1, -0.05) is 6.07 Å². The molecular weight excluding hydrogens is 276 g/mol. The molecule has 1 amide bonds. The monoisotopic (exact) mass is 284 g/mol. The zero-order chi connectivity index (χ0) is 14.7. The van der Waals surface area contributed by atoms with Gasteiger partial charge in [0.05, 0.1) is 12.1 Å². The maximum absolute atomic E-state index is 13.3. The fourth-order valence-electron chi connectivity index (χ4n) is 1.56. The molecule has 1 heterocycles. The van der Waals surface area contributed by atoms with E-state index in [9.17, 15) is 22.4 Å². The largest absolute Gasteiger partial charge is 0.322 e. The molecule has 3 nitrogen and oxygen atoms in total. The summed E-state index contributed by atoms with van der Waals surface area (Å²) in [6.45, 7) is 0. The molecule has 0 saturated carbocycles. The van der Waals surface area contributed by atoms with E-state index in [1.807, 2.05) is 0 Å². The third-order valence-electron chi connectivity index (χ3n) is 2.49. The Hall–Kier alpha value is -2.44. The van der Waals surface area contributed by atoms with Crippen LogP contribution in [-0.2, 0) is 11.2 Å². The summed E-state index contributed by atoms with van der Waals surface area (Å²) in [5.74, 6) is -4.86. The minimum Gasteiger partial charge on any atom is -0.322 e. The maximum Gasteiger partial charge on any atom is 0.239 e. The number of hydrogen-bond acceptors (Lipinski definition) is 2. The number of nitrogens with zero attached hydrogens (tertiary/aromatic N) is 1. The Balaban J connectivity index is 2.13. The molecule has 0 aliphatic heterocycles. The maximum atomic E-state index is 13.3. The number of hydrogen-bond donors (Lipinski definition) is 1. The highest BCUT2D eigenvalue weighted by Gasteiger charge is 2.15. The van der Waals surface area contributed by atoms with E-state index in [1.54, 1.807) is 0 Å². The van der Waals surface area contributed by atoms with E-state index in [4.69, 9.17) is 0 Å². The molecule has 0 fully saturated rings. The normalized spacial score (nSPS) is 10.4. The standard InChI is InChI=1S/C13H8F4N2O/c14-8-2-1-3-9(15)7(8)6-12(20)18-10-4-5-11(16)19-13(10)17/h1-5H,6H2,(H,18,20). The SMILES string of the molecule is O=C(Cc1c(F)cccc1F)Nc1ccc(F)nc1F. The smallest absolute Gasteiger partial charge is 0.239 e. The van der Waals surface area contributed by atoms with Crippen molar-refractivity contribution in [2.24, 2.45) is 0 Å². The van der Waals surface area contributed by atoms with Crippen LogP contribution in [0.25, 0.3) is 0 Å². The third kappa shape index (κ3) is 3.11. The Morgan fingerprint density at radius 2 is 1.70 bits per heavy atom. The summed E-state index contributed by atoms with van der Waals surface area (Å²) in [5, 5.41) is 2.06. The summed E-state index contributed by atoms with van der Waals surface area (Å²) in [5.41, 5.74) is -0.798. The number of carbonyl (C=O) groups is 1. The third-order valence-corrected chi connectivity index (χ3v) is 2.49. The molecule has 0 bridgehead atoms. The number of rotatable bonds is 3. The highest BCUT2D eigenvalue weighted by Crippen LogP contribution is 2.15. The predicted molar refractivity (Wildman–Crippen MR) is 62.8 cm³/mol. The van der Waals surface area contributed by atoms with Crippen molar-refractivity contribution in [3.63, 3.8) is 0 Å². The zero-order valence-electron chi connectivity index (χ0n) is 9.96. The molecule has 1 aromatic heterocycles. The molecule has 2 rings (SSSR count).